The maximum atomic E-state index is 12.3. The zero-order chi connectivity index (χ0) is 81.0. The zero-order valence-corrected chi connectivity index (χ0v) is 69.7. The molecule has 0 aliphatic heterocycles. The lowest BCUT2D eigenvalue weighted by Crippen LogP contribution is -2.40. The number of methoxy groups -OCH3 is 2. The van der Waals surface area contributed by atoms with Crippen LogP contribution in [-0.4, -0.2) is 169 Å². The van der Waals surface area contributed by atoms with E-state index in [-0.39, 0.29) is 36.1 Å². The molecule has 0 aromatic heterocycles. The van der Waals surface area contributed by atoms with Crippen molar-refractivity contribution in [3.63, 3.8) is 0 Å². The van der Waals surface area contributed by atoms with Gasteiger partial charge in [0.05, 0.1) is 25.7 Å². The molecule has 1 N–H and O–H groups in total. The molecule has 110 heavy (non-hydrogen) atoms. The van der Waals surface area contributed by atoms with Gasteiger partial charge in [0.2, 0.25) is 5.78 Å². The summed E-state index contributed by atoms with van der Waals surface area (Å²) in [5.41, 5.74) is 7.17. The second-order valence-corrected chi connectivity index (χ2v) is 35.9. The molecule has 0 amide bonds. The van der Waals surface area contributed by atoms with Crippen molar-refractivity contribution in [1.82, 2.24) is 14.7 Å². The molecule has 0 radical (unpaired) electrons. The first-order valence-corrected chi connectivity index (χ1v) is 42.5. The predicted octanol–water partition coefficient (Wildman–Crippen LogP) is 22.4. The topological polar surface area (TPSA) is 127 Å². The summed E-state index contributed by atoms with van der Waals surface area (Å²) in [6.07, 6.45) is -4.80. The summed E-state index contributed by atoms with van der Waals surface area (Å²) < 4.78 is 97.7. The molecule has 9 aromatic carbocycles. The number of thioether (sulfide) groups is 2. The van der Waals surface area contributed by atoms with Gasteiger partial charge in [-0.2, -0.15) is 26.3 Å². The van der Waals surface area contributed by atoms with Crippen LogP contribution in [0.5, 0.6) is 23.0 Å². The van der Waals surface area contributed by atoms with Gasteiger partial charge in [0.15, 0.2) is 14.7 Å². The fourth-order valence-corrected chi connectivity index (χ4v) is 12.4. The summed E-state index contributed by atoms with van der Waals surface area (Å²) in [5.74, 6) is -3.40. The van der Waals surface area contributed by atoms with E-state index in [1.54, 1.807) is 36.4 Å². The number of benzene rings is 9. The minimum Gasteiger partial charge on any atom is -0.508 e. The highest BCUT2D eigenvalue weighted by Gasteiger charge is 2.45. The molecule has 28 heteroatoms. The number of phenolic OH excluding ortho intramolecular Hbond substituents is 1. The Hall–Kier alpha value is -6.80. The molecule has 12 nitrogen and oxygen atoms in total. The van der Waals surface area contributed by atoms with Gasteiger partial charge in [-0.05, 0) is 200 Å². The molecule has 0 saturated heterocycles. The molecule has 0 aliphatic carbocycles. The molecular weight excluding hydrogens is 1630 g/mol. The van der Waals surface area contributed by atoms with Crippen molar-refractivity contribution in [2.45, 2.75) is 59.2 Å². The van der Waals surface area contributed by atoms with Crippen molar-refractivity contribution in [3.8, 4) is 23.0 Å². The number of carbonyl (C=O) groups excluding carboxylic acids is 3. The van der Waals surface area contributed by atoms with Crippen molar-refractivity contribution >= 4 is 131 Å². The van der Waals surface area contributed by atoms with Crippen LogP contribution in [0, 0.1) is 0 Å². The van der Waals surface area contributed by atoms with Crippen LogP contribution in [0.1, 0.15) is 51.1 Å². The Morgan fingerprint density at radius 1 is 0.409 bits per heavy atom. The van der Waals surface area contributed by atoms with Gasteiger partial charge in [0, 0.05) is 103 Å². The summed E-state index contributed by atoms with van der Waals surface area (Å²) in [6, 6.07) is 68.1. The lowest BCUT2D eigenvalue weighted by Gasteiger charge is -2.25. The highest BCUT2D eigenvalue weighted by Crippen LogP contribution is 2.34. The molecule has 0 spiro atoms. The van der Waals surface area contributed by atoms with Crippen LogP contribution in [0.4, 0.5) is 26.3 Å². The van der Waals surface area contributed by atoms with Crippen LogP contribution >= 0.6 is 105 Å². The van der Waals surface area contributed by atoms with E-state index in [1.807, 2.05) is 128 Å². The lowest BCUT2D eigenvalue weighted by molar-refractivity contribution is -0.167. The lowest BCUT2D eigenvalue weighted by atomic mass is 9.91. The standard InChI is InChI=1S/C26H24Cl2F3NO2S.C26H27Cl2NO3S.C17H18Cl3N.C9H10O4.C4H9F3Si/c1-32(14-15-34-22-10-12-23(13-11-22)35-17-25(33)26(29,30)31)16-24(18-2-6-20(27)7-3-18)19-4-8-21(28)9-5-19;1-29(15-16-32-23-11-13-24(14-12-23)33-18-26(30)31-2)17-25(19-3-7-21(27)8-4-19)20-5-9-22(28)10-6-20;1-21(11-10-18)12-17(13-2-6-15(19)7-3-13)14-4-8-16(20)9-5-14;1-12-9(11)6-13-8-4-2-7(10)3-5-8;1-8(2,3)4(5,6)7/h2-13,24H,14-17H2,1H3;3-14,25H,15-18H2,1-2H3;2-9,17H,10-12H2,1H3;2-5,10H,6H2,1H3;1-3H3. The van der Waals surface area contributed by atoms with Gasteiger partial charge >= 0.3 is 23.9 Å². The molecular formula is C82H88Cl7F6N3O9S2Si. The molecule has 0 atom stereocenters. The molecule has 592 valence electrons. The van der Waals surface area contributed by atoms with Gasteiger partial charge in [-0.1, -0.05) is 162 Å². The van der Waals surface area contributed by atoms with Crippen LogP contribution in [0.3, 0.4) is 0 Å². The van der Waals surface area contributed by atoms with E-state index in [2.05, 4.69) is 86.8 Å². The number of phenols is 1. The molecule has 9 aromatic rings. The average Bonchev–Trinajstić information content (AvgIpc) is 0.841. The zero-order valence-electron chi connectivity index (χ0n) is 61.8. The summed E-state index contributed by atoms with van der Waals surface area (Å²) in [5, 5.41) is 13.3. The van der Waals surface area contributed by atoms with Crippen LogP contribution in [0.2, 0.25) is 49.8 Å². The highest BCUT2D eigenvalue weighted by atomic mass is 35.5. The molecule has 0 unspecified atom stereocenters. The van der Waals surface area contributed by atoms with Crippen LogP contribution in [-0.2, 0) is 23.9 Å². The fraction of sp³-hybridized carbons (Fsp3) is 0.305. The molecule has 0 heterocycles. The first kappa shape index (κ1) is 93.8. The van der Waals surface area contributed by atoms with E-state index in [4.69, 9.17) is 101 Å². The Bertz CT molecular complexity index is 4000. The fourth-order valence-electron chi connectivity index (χ4n) is 9.81. The van der Waals surface area contributed by atoms with E-state index in [1.165, 1.54) is 80.0 Å². The van der Waals surface area contributed by atoms with E-state index in [0.29, 0.717) is 57.8 Å². The van der Waals surface area contributed by atoms with Crippen molar-refractivity contribution in [3.05, 3.63) is 282 Å². The maximum Gasteiger partial charge on any atom is 0.450 e. The smallest absolute Gasteiger partial charge is 0.450 e. The average molecular weight is 1710 g/mol. The van der Waals surface area contributed by atoms with Gasteiger partial charge in [-0.3, -0.25) is 9.59 Å². The van der Waals surface area contributed by atoms with E-state index >= 15 is 0 Å². The minimum atomic E-state index is -4.80. The normalized spacial score (nSPS) is 11.4. The van der Waals surface area contributed by atoms with E-state index in [0.717, 1.165) is 86.3 Å². The highest BCUT2D eigenvalue weighted by molar-refractivity contribution is 8.00. The summed E-state index contributed by atoms with van der Waals surface area (Å²) in [6.45, 7) is 9.50. The third-order valence-corrected chi connectivity index (χ3v) is 21.6. The van der Waals surface area contributed by atoms with E-state index in [9.17, 15) is 40.7 Å². The molecule has 0 bridgehead atoms. The monoisotopic (exact) mass is 1710 g/mol. The Morgan fingerprint density at radius 2 is 0.673 bits per heavy atom. The van der Waals surface area contributed by atoms with Gasteiger partial charge < -0.3 is 43.5 Å². The molecule has 0 aliphatic rings. The number of carbonyl (C=O) groups is 3. The number of ketones is 1. The number of nitrogens with zero attached hydrogens (tertiary/aromatic N) is 3. The van der Waals surface area contributed by atoms with Gasteiger partial charge in [0.1, 0.15) is 36.2 Å². The Kier molecular flexibility index (Phi) is 41.2. The number of Topliss-reactive ketones (excluding diaryl/α,β-unsaturated/α-hetero) is 1. The minimum absolute atomic E-state index is 0.116. The number of rotatable bonds is 31. The van der Waals surface area contributed by atoms with Crippen LogP contribution < -0.4 is 14.2 Å². The predicted molar refractivity (Wildman–Crippen MR) is 441 cm³/mol. The van der Waals surface area contributed by atoms with Crippen molar-refractivity contribution in [2.75, 3.05) is 112 Å². The Morgan fingerprint density at radius 3 is 0.936 bits per heavy atom. The number of esters is 2. The summed E-state index contributed by atoms with van der Waals surface area (Å²) >= 11 is 44.4. The largest absolute Gasteiger partial charge is 0.508 e. The maximum absolute atomic E-state index is 12.3. The third-order valence-electron chi connectivity index (χ3n) is 16.3. The van der Waals surface area contributed by atoms with Crippen molar-refractivity contribution in [1.29, 1.82) is 0 Å². The van der Waals surface area contributed by atoms with Crippen LogP contribution in [0.15, 0.2) is 228 Å². The number of alkyl halides is 7. The van der Waals surface area contributed by atoms with Crippen molar-refractivity contribution < 1.29 is 69.5 Å². The first-order valence-electron chi connectivity index (χ1n) is 34.2. The van der Waals surface area contributed by atoms with Gasteiger partial charge in [-0.25, -0.2) is 4.79 Å². The second kappa shape index (κ2) is 48.3. The number of hydrogen-bond acceptors (Lipinski definition) is 14. The number of ether oxygens (including phenoxy) is 5. The number of likely N-dealkylation sites (N-methyl/N-ethyl adjacent to an activating group) is 3. The first-order chi connectivity index (χ1) is 52.1. The Balaban J connectivity index is 0.000000266. The van der Waals surface area contributed by atoms with Gasteiger partial charge in [-0.15, -0.1) is 35.1 Å². The SMILES string of the molecule is CN(CCCl)CC(c1ccc(Cl)cc1)c1ccc(Cl)cc1.CN(CCOc1ccc(SCC(=O)C(F)(F)F)cc1)CC(c1ccc(Cl)cc1)c1ccc(Cl)cc1.COC(=O)COc1ccc(O)cc1.COC(=O)CSc1ccc(OCCN(C)CC(c2ccc(Cl)cc2)c2ccc(Cl)cc2)cc1.C[Si](C)(C)C(F)(F)F. The Labute approximate surface area is 685 Å². The van der Waals surface area contributed by atoms with Gasteiger partial charge in [0.25, 0.3) is 0 Å². The van der Waals surface area contributed by atoms with E-state index < -0.39 is 37.6 Å². The summed E-state index contributed by atoms with van der Waals surface area (Å²) in [4.78, 5) is 41.2. The van der Waals surface area contributed by atoms with Crippen molar-refractivity contribution in [2.24, 2.45) is 0 Å². The molecule has 0 fully saturated rings. The number of aromatic hydroxyl groups is 1. The quantitative estimate of drug-likeness (QED) is 0.0146. The third kappa shape index (κ3) is 35.9. The second-order valence-electron chi connectivity index (χ2n) is 25.8. The molecule has 9 rings (SSSR count). The summed E-state index contributed by atoms with van der Waals surface area (Å²) in [7, 11) is 6.02. The van der Waals surface area contributed by atoms with Crippen LogP contribution in [0.25, 0.3) is 0 Å². The molecule has 0 saturated carbocycles. The number of hydrogen-bond donors (Lipinski definition) is 1. The number of halogens is 13.